The van der Waals surface area contributed by atoms with Crippen molar-refractivity contribution in [2.75, 3.05) is 13.1 Å². The van der Waals surface area contributed by atoms with Crippen LogP contribution < -0.4 is 0 Å². The van der Waals surface area contributed by atoms with E-state index in [1.54, 1.807) is 11.6 Å². The third-order valence-corrected chi connectivity index (χ3v) is 4.96. The van der Waals surface area contributed by atoms with Crippen molar-refractivity contribution in [2.24, 2.45) is 5.41 Å². The lowest BCUT2D eigenvalue weighted by Crippen LogP contribution is -2.41. The minimum absolute atomic E-state index is 0.0273. The van der Waals surface area contributed by atoms with Crippen LogP contribution in [0.25, 0.3) is 0 Å². The second-order valence-corrected chi connectivity index (χ2v) is 8.77. The highest BCUT2D eigenvalue weighted by atomic mass is 32.2. The second-order valence-electron chi connectivity index (χ2n) is 6.86. The highest BCUT2D eigenvalue weighted by molar-refractivity contribution is 7.89. The molecule has 1 aromatic rings. The van der Waals surface area contributed by atoms with E-state index >= 15 is 0 Å². The Labute approximate surface area is 132 Å². The van der Waals surface area contributed by atoms with Gasteiger partial charge in [-0.15, -0.1) is 0 Å². The number of rotatable bonds is 6. The standard InChI is InChI=1S/C14H25N3O4S/c1-10(2)17-11(3)12(7-15-17)22(20,21)16(8-13(18)19)9-14(4,5)6/h7,10H,8-9H2,1-6H3,(H,18,19). The predicted octanol–water partition coefficient (Wildman–Crippen LogP) is 1.89. The quantitative estimate of drug-likeness (QED) is 0.859. The summed E-state index contributed by atoms with van der Waals surface area (Å²) in [5.41, 5.74) is 0.157. The van der Waals surface area contributed by atoms with Crippen molar-refractivity contribution in [3.8, 4) is 0 Å². The van der Waals surface area contributed by atoms with E-state index in [0.29, 0.717) is 5.69 Å². The van der Waals surface area contributed by atoms with Gasteiger partial charge in [-0.25, -0.2) is 8.42 Å². The summed E-state index contributed by atoms with van der Waals surface area (Å²) >= 11 is 0. The largest absolute Gasteiger partial charge is 0.480 e. The average Bonchev–Trinajstić information content (AvgIpc) is 2.68. The molecular formula is C14H25N3O4S. The van der Waals surface area contributed by atoms with Crippen LogP contribution in [0, 0.1) is 12.3 Å². The van der Waals surface area contributed by atoms with Gasteiger partial charge in [0, 0.05) is 12.6 Å². The molecule has 0 amide bonds. The Morgan fingerprint density at radius 2 is 1.95 bits per heavy atom. The summed E-state index contributed by atoms with van der Waals surface area (Å²) in [5, 5.41) is 13.1. The van der Waals surface area contributed by atoms with E-state index in [1.807, 2.05) is 34.6 Å². The first kappa shape index (κ1) is 18.6. The lowest BCUT2D eigenvalue weighted by molar-refractivity contribution is -0.137. The Hall–Kier alpha value is -1.41. The van der Waals surface area contributed by atoms with Gasteiger partial charge in [-0.1, -0.05) is 20.8 Å². The third-order valence-electron chi connectivity index (χ3n) is 3.07. The summed E-state index contributed by atoms with van der Waals surface area (Å²) in [6.45, 7) is 10.6. The van der Waals surface area contributed by atoms with Crippen LogP contribution in [-0.4, -0.2) is 46.7 Å². The van der Waals surface area contributed by atoms with Crippen LogP contribution in [0.5, 0.6) is 0 Å². The summed E-state index contributed by atoms with van der Waals surface area (Å²) in [4.78, 5) is 11.1. The molecule has 0 aliphatic rings. The monoisotopic (exact) mass is 331 g/mol. The van der Waals surface area contributed by atoms with E-state index in [-0.39, 0.29) is 22.9 Å². The molecule has 0 bridgehead atoms. The lowest BCUT2D eigenvalue weighted by atomic mass is 9.97. The van der Waals surface area contributed by atoms with Crippen LogP contribution in [0.1, 0.15) is 46.4 Å². The van der Waals surface area contributed by atoms with E-state index in [4.69, 9.17) is 5.11 Å². The van der Waals surface area contributed by atoms with Crippen molar-refractivity contribution >= 4 is 16.0 Å². The third kappa shape index (κ3) is 4.30. The highest BCUT2D eigenvalue weighted by Crippen LogP contribution is 2.25. The molecule has 126 valence electrons. The molecule has 0 aliphatic heterocycles. The van der Waals surface area contributed by atoms with E-state index in [2.05, 4.69) is 5.10 Å². The Morgan fingerprint density at radius 1 is 1.41 bits per heavy atom. The van der Waals surface area contributed by atoms with Crippen molar-refractivity contribution in [2.45, 2.75) is 52.5 Å². The molecule has 8 heteroatoms. The van der Waals surface area contributed by atoms with Crippen molar-refractivity contribution < 1.29 is 18.3 Å². The number of carboxylic acids is 1. The predicted molar refractivity (Wildman–Crippen MR) is 83.2 cm³/mol. The number of hydrogen-bond acceptors (Lipinski definition) is 4. The lowest BCUT2D eigenvalue weighted by Gasteiger charge is -2.28. The maximum absolute atomic E-state index is 12.8. The summed E-state index contributed by atoms with van der Waals surface area (Å²) in [7, 11) is -3.90. The molecular weight excluding hydrogens is 306 g/mol. The zero-order valence-electron chi connectivity index (χ0n) is 14.0. The molecule has 7 nitrogen and oxygen atoms in total. The van der Waals surface area contributed by atoms with E-state index in [9.17, 15) is 13.2 Å². The SMILES string of the molecule is Cc1c(S(=O)(=O)N(CC(=O)O)CC(C)(C)C)cnn1C(C)C. The van der Waals surface area contributed by atoms with Crippen LogP contribution >= 0.6 is 0 Å². The maximum atomic E-state index is 12.8. The molecule has 1 rings (SSSR count). The summed E-state index contributed by atoms with van der Waals surface area (Å²) in [6.07, 6.45) is 1.29. The zero-order valence-corrected chi connectivity index (χ0v) is 14.8. The highest BCUT2D eigenvalue weighted by Gasteiger charge is 2.33. The van der Waals surface area contributed by atoms with Crippen LogP contribution in [0.2, 0.25) is 0 Å². The van der Waals surface area contributed by atoms with Gasteiger partial charge in [-0.2, -0.15) is 9.40 Å². The van der Waals surface area contributed by atoms with Crippen LogP contribution in [0.4, 0.5) is 0 Å². The number of carbonyl (C=O) groups is 1. The molecule has 22 heavy (non-hydrogen) atoms. The van der Waals surface area contributed by atoms with Gasteiger partial charge in [0.15, 0.2) is 0 Å². The first-order chi connectivity index (χ1) is 9.86. The second kappa shape index (κ2) is 6.37. The first-order valence-electron chi connectivity index (χ1n) is 7.12. The molecule has 0 spiro atoms. The molecule has 0 atom stereocenters. The van der Waals surface area contributed by atoms with E-state index < -0.39 is 22.5 Å². The fourth-order valence-electron chi connectivity index (χ4n) is 2.23. The summed E-state index contributed by atoms with van der Waals surface area (Å²) in [5.74, 6) is -1.18. The fraction of sp³-hybridized carbons (Fsp3) is 0.714. The number of hydrogen-bond donors (Lipinski definition) is 1. The Balaban J connectivity index is 3.30. The number of carboxylic acid groups (broad SMARTS) is 1. The molecule has 0 aliphatic carbocycles. The number of aliphatic carboxylic acids is 1. The van der Waals surface area contributed by atoms with Gasteiger partial charge in [0.05, 0.1) is 11.9 Å². The molecule has 0 unspecified atom stereocenters. The Bertz CT molecular complexity index is 642. The smallest absolute Gasteiger partial charge is 0.318 e. The Morgan fingerprint density at radius 3 is 2.32 bits per heavy atom. The number of aromatic nitrogens is 2. The Kier molecular flexibility index (Phi) is 5.40. The maximum Gasteiger partial charge on any atom is 0.318 e. The fourth-order valence-corrected chi connectivity index (χ4v) is 3.99. The molecule has 1 aromatic heterocycles. The van der Waals surface area contributed by atoms with Crippen molar-refractivity contribution in [1.82, 2.24) is 14.1 Å². The molecule has 0 saturated carbocycles. The van der Waals surface area contributed by atoms with Crippen LogP contribution in [-0.2, 0) is 14.8 Å². The van der Waals surface area contributed by atoms with Gasteiger partial charge in [0.1, 0.15) is 11.4 Å². The average molecular weight is 331 g/mol. The topological polar surface area (TPSA) is 92.5 Å². The van der Waals surface area contributed by atoms with Gasteiger partial charge in [-0.05, 0) is 26.2 Å². The van der Waals surface area contributed by atoms with Crippen LogP contribution in [0.3, 0.4) is 0 Å². The normalized spacial score (nSPS) is 13.1. The molecule has 0 fully saturated rings. The minimum Gasteiger partial charge on any atom is -0.480 e. The summed E-state index contributed by atoms with van der Waals surface area (Å²) in [6, 6.07) is 0.0273. The van der Waals surface area contributed by atoms with Crippen molar-refractivity contribution in [3.63, 3.8) is 0 Å². The van der Waals surface area contributed by atoms with Gasteiger partial charge < -0.3 is 5.11 Å². The number of sulfonamides is 1. The minimum atomic E-state index is -3.90. The first-order valence-corrected chi connectivity index (χ1v) is 8.56. The summed E-state index contributed by atoms with van der Waals surface area (Å²) < 4.78 is 28.2. The van der Waals surface area contributed by atoms with Gasteiger partial charge in [0.2, 0.25) is 10.0 Å². The zero-order chi connectivity index (χ0) is 17.3. The van der Waals surface area contributed by atoms with Gasteiger partial charge in [-0.3, -0.25) is 9.48 Å². The molecule has 1 heterocycles. The van der Waals surface area contributed by atoms with Gasteiger partial charge >= 0.3 is 5.97 Å². The van der Waals surface area contributed by atoms with Crippen LogP contribution in [0.15, 0.2) is 11.1 Å². The van der Waals surface area contributed by atoms with E-state index in [0.717, 1.165) is 4.31 Å². The molecule has 1 N–H and O–H groups in total. The molecule has 0 aromatic carbocycles. The van der Waals surface area contributed by atoms with E-state index in [1.165, 1.54) is 6.20 Å². The molecule has 0 saturated heterocycles. The van der Waals surface area contributed by atoms with Crippen molar-refractivity contribution in [3.05, 3.63) is 11.9 Å². The van der Waals surface area contributed by atoms with Gasteiger partial charge in [0.25, 0.3) is 0 Å². The molecule has 0 radical (unpaired) electrons. The van der Waals surface area contributed by atoms with Crippen molar-refractivity contribution in [1.29, 1.82) is 0 Å². The number of nitrogens with zero attached hydrogens (tertiary/aromatic N) is 3.